The van der Waals surface area contributed by atoms with Gasteiger partial charge < -0.3 is 4.89 Å². The number of anilines is 1. The lowest BCUT2D eigenvalue weighted by atomic mass is 10.1. The van der Waals surface area contributed by atoms with E-state index in [1.807, 2.05) is 89.9 Å². The minimum absolute atomic E-state index is 0.536. The summed E-state index contributed by atoms with van der Waals surface area (Å²) in [5, 5.41) is 6.68. The predicted octanol–water partition coefficient (Wildman–Crippen LogP) is 6.02. The van der Waals surface area contributed by atoms with Crippen molar-refractivity contribution in [3.05, 3.63) is 106 Å². The lowest BCUT2D eigenvalue weighted by Crippen LogP contribution is -2.22. The second-order valence-corrected chi connectivity index (χ2v) is 10.6. The number of para-hydroxylation sites is 1. The maximum atomic E-state index is 11.1. The van der Waals surface area contributed by atoms with Gasteiger partial charge in [-0.3, -0.25) is 0 Å². The van der Waals surface area contributed by atoms with Crippen molar-refractivity contribution in [3.8, 4) is 0 Å². The van der Waals surface area contributed by atoms with Crippen LogP contribution in [0.1, 0.15) is 11.1 Å². The van der Waals surface area contributed by atoms with E-state index >= 15 is 0 Å². The highest BCUT2D eigenvalue weighted by molar-refractivity contribution is 9.10. The molecule has 0 amide bonds. The highest BCUT2D eigenvalue weighted by atomic mass is 79.9. The van der Waals surface area contributed by atoms with E-state index in [1.165, 1.54) is 0 Å². The van der Waals surface area contributed by atoms with Crippen molar-refractivity contribution in [2.45, 2.75) is 0 Å². The maximum Gasteiger partial charge on any atom is 0.136 e. The summed E-state index contributed by atoms with van der Waals surface area (Å²) in [7, 11) is 0. The molecule has 0 saturated heterocycles. The van der Waals surface area contributed by atoms with Crippen LogP contribution in [0.5, 0.6) is 0 Å². The summed E-state index contributed by atoms with van der Waals surface area (Å²) < 4.78 is 0.967. The number of nitrogens with zero attached hydrogens (tertiary/aromatic N) is 2. The van der Waals surface area contributed by atoms with Gasteiger partial charge in [-0.25, -0.2) is 5.01 Å². The van der Waals surface area contributed by atoms with Crippen molar-refractivity contribution in [1.82, 2.24) is 0 Å². The molecule has 1 atom stereocenters. The van der Waals surface area contributed by atoms with Crippen LogP contribution < -0.4 is 5.01 Å². The van der Waals surface area contributed by atoms with Gasteiger partial charge in [-0.2, -0.15) is 5.10 Å². The molecule has 0 spiro atoms. The molecule has 3 nitrogen and oxygen atoms in total. The Labute approximate surface area is 171 Å². The summed E-state index contributed by atoms with van der Waals surface area (Å²) in [4.78, 5) is 11.1. The molecule has 0 aliphatic carbocycles. The van der Waals surface area contributed by atoms with Crippen molar-refractivity contribution in [3.63, 3.8) is 0 Å². The Morgan fingerprint density at radius 3 is 2.04 bits per heavy atom. The zero-order valence-corrected chi connectivity index (χ0v) is 17.5. The zero-order valence-electron chi connectivity index (χ0n) is 14.2. The predicted molar refractivity (Wildman–Crippen MR) is 121 cm³/mol. The molecule has 27 heavy (non-hydrogen) atoms. The van der Waals surface area contributed by atoms with Crippen LogP contribution in [0.3, 0.4) is 0 Å². The molecule has 3 aromatic carbocycles. The molecule has 0 aromatic heterocycles. The zero-order chi connectivity index (χ0) is 18.9. The first-order chi connectivity index (χ1) is 13.0. The molecule has 1 N–H and O–H groups in total. The van der Waals surface area contributed by atoms with Crippen LogP contribution in [-0.4, -0.2) is 10.3 Å². The summed E-state index contributed by atoms with van der Waals surface area (Å²) in [5.41, 5.74) is 4.04. The number of benzene rings is 3. The third-order valence-electron chi connectivity index (χ3n) is 4.20. The Hall–Kier alpha value is -2.04. The van der Waals surface area contributed by atoms with E-state index in [0.717, 1.165) is 27.0 Å². The number of halogens is 1. The normalized spacial score (nSPS) is 19.4. The van der Waals surface area contributed by atoms with E-state index in [1.54, 1.807) is 5.82 Å². The van der Waals surface area contributed by atoms with Gasteiger partial charge in [0.2, 0.25) is 0 Å². The topological polar surface area (TPSA) is 35.8 Å². The van der Waals surface area contributed by atoms with Gasteiger partial charge in [-0.15, -0.1) is 0 Å². The van der Waals surface area contributed by atoms with Crippen LogP contribution >= 0.6 is 22.2 Å². The minimum Gasteiger partial charge on any atom is -0.357 e. The Morgan fingerprint density at radius 2 is 1.41 bits per heavy atom. The highest BCUT2D eigenvalue weighted by Crippen LogP contribution is 2.53. The quantitative estimate of drug-likeness (QED) is 0.491. The van der Waals surface area contributed by atoms with Crippen molar-refractivity contribution in [1.29, 1.82) is 0 Å². The fourth-order valence-electron chi connectivity index (χ4n) is 2.91. The highest BCUT2D eigenvalue weighted by Gasteiger charge is 2.30. The van der Waals surface area contributed by atoms with Crippen LogP contribution in [0.4, 0.5) is 5.69 Å². The van der Waals surface area contributed by atoms with Crippen LogP contribution in [0.15, 0.2) is 100 Å². The first kappa shape index (κ1) is 18.3. The number of hydrogen-bond donors (Lipinski definition) is 1. The molecule has 1 aliphatic rings. The molecule has 1 heterocycles. The fraction of sp³-hybridized carbons (Fsp3) is 0. The van der Waals surface area contributed by atoms with Gasteiger partial charge in [0.25, 0.3) is 0 Å². The van der Waals surface area contributed by atoms with Gasteiger partial charge in [-0.1, -0.05) is 88.4 Å². The van der Waals surface area contributed by atoms with Crippen molar-refractivity contribution < 1.29 is 4.89 Å². The van der Waals surface area contributed by atoms with E-state index in [0.29, 0.717) is 5.45 Å². The molecular weight excluding hydrogens is 439 g/mol. The second kappa shape index (κ2) is 7.53. The van der Waals surface area contributed by atoms with Crippen LogP contribution in [0, 0.1) is 0 Å². The fourth-order valence-corrected chi connectivity index (χ4v) is 5.35. The summed E-state index contributed by atoms with van der Waals surface area (Å²) in [6.45, 7) is 0. The van der Waals surface area contributed by atoms with Gasteiger partial charge in [0.1, 0.15) is 11.7 Å². The first-order valence-corrected chi connectivity index (χ1v) is 12.0. The summed E-state index contributed by atoms with van der Waals surface area (Å²) in [6, 6.07) is 27.5. The van der Waals surface area contributed by atoms with Crippen LogP contribution in [0.2, 0.25) is 0 Å². The Kier molecular flexibility index (Phi) is 5.11. The molecule has 0 saturated carbocycles. The molecule has 0 fully saturated rings. The standard InChI is InChI=1S/C21H16BrN2OPS/c22-18-13-11-17(12-14-18)21-23-24(19-9-5-2-6-10-19)20(15-26(21,25)27)16-7-3-1-4-8-16/h1-15H,(H,25,27). The summed E-state index contributed by atoms with van der Waals surface area (Å²) in [5.74, 6) is 1.80. The maximum absolute atomic E-state index is 11.1. The van der Waals surface area contributed by atoms with Crippen LogP contribution in [-0.2, 0) is 11.8 Å². The average molecular weight is 455 g/mol. The van der Waals surface area contributed by atoms with Crippen LogP contribution in [0.25, 0.3) is 5.70 Å². The molecule has 0 radical (unpaired) electrons. The van der Waals surface area contributed by atoms with E-state index in [4.69, 9.17) is 16.9 Å². The Bertz CT molecular complexity index is 1070. The van der Waals surface area contributed by atoms with Gasteiger partial charge in [-0.05, 0) is 24.3 Å². The van der Waals surface area contributed by atoms with E-state index in [-0.39, 0.29) is 0 Å². The van der Waals surface area contributed by atoms with Gasteiger partial charge in [0.15, 0.2) is 0 Å². The number of hydrazone groups is 1. The molecule has 1 unspecified atom stereocenters. The summed E-state index contributed by atoms with van der Waals surface area (Å²) in [6.07, 6.45) is -2.95. The van der Waals surface area contributed by atoms with Gasteiger partial charge in [0, 0.05) is 21.4 Å². The van der Waals surface area contributed by atoms with Gasteiger partial charge >= 0.3 is 0 Å². The first-order valence-electron chi connectivity index (χ1n) is 8.36. The molecular formula is C21H16BrN2OPS. The van der Waals surface area contributed by atoms with Crippen molar-refractivity contribution >= 4 is 50.8 Å². The van der Waals surface area contributed by atoms with Crippen molar-refractivity contribution in [2.75, 3.05) is 5.01 Å². The smallest absolute Gasteiger partial charge is 0.136 e. The van der Waals surface area contributed by atoms with E-state index < -0.39 is 6.26 Å². The lowest BCUT2D eigenvalue weighted by molar-refractivity contribution is 0.643. The van der Waals surface area contributed by atoms with Crippen molar-refractivity contribution in [2.24, 2.45) is 5.10 Å². The van der Waals surface area contributed by atoms with E-state index in [9.17, 15) is 4.89 Å². The monoisotopic (exact) mass is 454 g/mol. The Morgan fingerprint density at radius 1 is 0.815 bits per heavy atom. The average Bonchev–Trinajstić information content (AvgIpc) is 2.69. The molecule has 3 aromatic rings. The second-order valence-electron chi connectivity index (χ2n) is 6.08. The minimum atomic E-state index is -2.95. The molecule has 0 bridgehead atoms. The SMILES string of the molecule is OP1(=S)C=C(c2ccccc2)N(c2ccccc2)N=C1c1ccc(Br)cc1. The molecule has 4 rings (SSSR count). The lowest BCUT2D eigenvalue weighted by Gasteiger charge is -2.31. The molecule has 1 aliphatic heterocycles. The summed E-state index contributed by atoms with van der Waals surface area (Å²) >= 11 is 9.08. The third kappa shape index (κ3) is 3.83. The number of rotatable bonds is 3. The molecule has 134 valence electrons. The largest absolute Gasteiger partial charge is 0.357 e. The number of hydrogen-bond acceptors (Lipinski definition) is 3. The Balaban J connectivity index is 1.89. The third-order valence-corrected chi connectivity index (χ3v) is 7.11. The molecule has 6 heteroatoms. The van der Waals surface area contributed by atoms with Gasteiger partial charge in [0.05, 0.1) is 11.4 Å². The van der Waals surface area contributed by atoms with E-state index in [2.05, 4.69) is 15.9 Å².